The topological polar surface area (TPSA) is 45.5 Å². The van der Waals surface area contributed by atoms with Crippen LogP contribution in [0.15, 0.2) is 41.0 Å². The first kappa shape index (κ1) is 12.2. The van der Waals surface area contributed by atoms with E-state index in [1.54, 1.807) is 6.07 Å². The van der Waals surface area contributed by atoms with Gasteiger partial charge in [0.2, 0.25) is 0 Å². The number of para-hydroxylation sites is 2. The maximum Gasteiger partial charge on any atom is 0.291 e. The molecule has 1 aromatic carbocycles. The van der Waals surface area contributed by atoms with E-state index in [2.05, 4.69) is 5.32 Å². The average Bonchev–Trinajstić information content (AvgIpc) is 2.76. The molecule has 4 nitrogen and oxygen atoms in total. The summed E-state index contributed by atoms with van der Waals surface area (Å²) in [5, 5.41) is 2.86. The van der Waals surface area contributed by atoms with Crippen molar-refractivity contribution in [2.75, 3.05) is 24.3 Å². The zero-order valence-corrected chi connectivity index (χ0v) is 10.7. The molecule has 0 fully saturated rings. The van der Waals surface area contributed by atoms with Gasteiger partial charge in [-0.05, 0) is 25.1 Å². The number of amides is 1. The zero-order chi connectivity index (χ0) is 13.1. The largest absolute Gasteiger partial charge is 0.459 e. The average molecular weight is 244 g/mol. The summed E-state index contributed by atoms with van der Waals surface area (Å²) < 4.78 is 5.17. The van der Waals surface area contributed by atoms with Crippen molar-refractivity contribution < 1.29 is 9.21 Å². The Bertz CT molecular complexity index is 558. The number of hydrogen-bond acceptors (Lipinski definition) is 3. The molecule has 1 N–H and O–H groups in total. The molecule has 0 atom stereocenters. The van der Waals surface area contributed by atoms with E-state index >= 15 is 0 Å². The Balaban J connectivity index is 2.25. The van der Waals surface area contributed by atoms with Crippen LogP contribution in [0.2, 0.25) is 0 Å². The number of carbonyl (C=O) groups is 1. The van der Waals surface area contributed by atoms with E-state index in [9.17, 15) is 4.79 Å². The molecule has 1 heterocycles. The van der Waals surface area contributed by atoms with Crippen LogP contribution in [0.5, 0.6) is 0 Å². The third-order valence-corrected chi connectivity index (χ3v) is 2.70. The summed E-state index contributed by atoms with van der Waals surface area (Å²) in [6, 6.07) is 9.41. The Morgan fingerprint density at radius 1 is 1.22 bits per heavy atom. The second-order valence-electron chi connectivity index (χ2n) is 4.30. The molecular weight excluding hydrogens is 228 g/mol. The lowest BCUT2D eigenvalue weighted by molar-refractivity contribution is 0.0996. The number of hydrogen-bond donors (Lipinski definition) is 1. The molecule has 0 aliphatic heterocycles. The Morgan fingerprint density at radius 3 is 2.56 bits per heavy atom. The van der Waals surface area contributed by atoms with Crippen molar-refractivity contribution in [2.45, 2.75) is 6.92 Å². The highest BCUT2D eigenvalue weighted by Crippen LogP contribution is 2.24. The molecule has 2 rings (SSSR count). The fraction of sp³-hybridized carbons (Fsp3) is 0.214. The molecule has 2 aromatic rings. The first-order valence-electron chi connectivity index (χ1n) is 5.71. The van der Waals surface area contributed by atoms with Crippen molar-refractivity contribution in [1.29, 1.82) is 0 Å². The predicted octanol–water partition coefficient (Wildman–Crippen LogP) is 2.91. The quantitative estimate of drug-likeness (QED) is 0.903. The van der Waals surface area contributed by atoms with Crippen LogP contribution < -0.4 is 10.2 Å². The van der Waals surface area contributed by atoms with Crippen LogP contribution in [-0.4, -0.2) is 20.0 Å². The fourth-order valence-corrected chi connectivity index (χ4v) is 1.75. The van der Waals surface area contributed by atoms with Crippen LogP contribution in [0.3, 0.4) is 0 Å². The van der Waals surface area contributed by atoms with E-state index < -0.39 is 0 Å². The number of rotatable bonds is 3. The van der Waals surface area contributed by atoms with Gasteiger partial charge in [0.1, 0.15) is 0 Å². The summed E-state index contributed by atoms with van der Waals surface area (Å²) in [4.78, 5) is 14.0. The highest BCUT2D eigenvalue weighted by molar-refractivity contribution is 6.04. The molecule has 18 heavy (non-hydrogen) atoms. The SMILES string of the molecule is Cc1ccoc1C(=O)Nc1ccccc1N(C)C. The van der Waals surface area contributed by atoms with Gasteiger partial charge < -0.3 is 14.6 Å². The Kier molecular flexibility index (Phi) is 3.37. The Labute approximate surface area is 106 Å². The lowest BCUT2D eigenvalue weighted by atomic mass is 10.2. The van der Waals surface area contributed by atoms with Crippen LogP contribution >= 0.6 is 0 Å². The van der Waals surface area contributed by atoms with Gasteiger partial charge in [-0.1, -0.05) is 12.1 Å². The zero-order valence-electron chi connectivity index (χ0n) is 10.7. The minimum absolute atomic E-state index is 0.230. The molecular formula is C14H16N2O2. The summed E-state index contributed by atoms with van der Waals surface area (Å²) in [7, 11) is 3.87. The van der Waals surface area contributed by atoms with Crippen LogP contribution in [0.25, 0.3) is 0 Å². The van der Waals surface area contributed by atoms with Gasteiger partial charge in [-0.25, -0.2) is 0 Å². The summed E-state index contributed by atoms with van der Waals surface area (Å²) in [6.07, 6.45) is 1.52. The maximum absolute atomic E-state index is 12.0. The van der Waals surface area contributed by atoms with E-state index in [4.69, 9.17) is 4.42 Å². The maximum atomic E-state index is 12.0. The summed E-state index contributed by atoms with van der Waals surface area (Å²) in [6.45, 7) is 1.84. The number of nitrogens with one attached hydrogen (secondary N) is 1. The van der Waals surface area contributed by atoms with Gasteiger partial charge >= 0.3 is 0 Å². The number of aryl methyl sites for hydroxylation is 1. The minimum Gasteiger partial charge on any atom is -0.459 e. The predicted molar refractivity (Wildman–Crippen MR) is 72.2 cm³/mol. The second-order valence-corrected chi connectivity index (χ2v) is 4.30. The summed E-state index contributed by atoms with van der Waals surface area (Å²) in [5.41, 5.74) is 2.55. The smallest absolute Gasteiger partial charge is 0.291 e. The van der Waals surface area contributed by atoms with E-state index in [-0.39, 0.29) is 5.91 Å². The van der Waals surface area contributed by atoms with Crippen LogP contribution in [0.1, 0.15) is 16.1 Å². The highest BCUT2D eigenvalue weighted by Gasteiger charge is 2.14. The molecule has 94 valence electrons. The lowest BCUT2D eigenvalue weighted by Crippen LogP contribution is -2.16. The van der Waals surface area contributed by atoms with Gasteiger partial charge in [0.15, 0.2) is 5.76 Å². The van der Waals surface area contributed by atoms with Crippen molar-refractivity contribution in [3.05, 3.63) is 47.9 Å². The number of carbonyl (C=O) groups excluding carboxylic acids is 1. The number of benzene rings is 1. The molecule has 4 heteroatoms. The third-order valence-electron chi connectivity index (χ3n) is 2.70. The molecule has 0 saturated carbocycles. The standard InChI is InChI=1S/C14H16N2O2/c1-10-8-9-18-13(10)14(17)15-11-6-4-5-7-12(11)16(2)3/h4-9H,1-3H3,(H,15,17). The molecule has 0 aliphatic carbocycles. The number of anilines is 2. The molecule has 0 bridgehead atoms. The van der Waals surface area contributed by atoms with E-state index in [0.29, 0.717) is 5.76 Å². The van der Waals surface area contributed by atoms with Crippen molar-refractivity contribution in [1.82, 2.24) is 0 Å². The third kappa shape index (κ3) is 2.37. The summed E-state index contributed by atoms with van der Waals surface area (Å²) >= 11 is 0. The normalized spacial score (nSPS) is 10.2. The van der Waals surface area contributed by atoms with Gasteiger partial charge in [0, 0.05) is 19.7 Å². The van der Waals surface area contributed by atoms with Crippen LogP contribution in [-0.2, 0) is 0 Å². The minimum atomic E-state index is -0.230. The molecule has 0 unspecified atom stereocenters. The first-order chi connectivity index (χ1) is 8.59. The molecule has 0 aliphatic rings. The fourth-order valence-electron chi connectivity index (χ4n) is 1.75. The van der Waals surface area contributed by atoms with E-state index in [1.165, 1.54) is 6.26 Å². The van der Waals surface area contributed by atoms with Gasteiger partial charge in [0.05, 0.1) is 17.6 Å². The molecule has 0 saturated heterocycles. The van der Waals surface area contributed by atoms with Gasteiger partial charge in [-0.2, -0.15) is 0 Å². The van der Waals surface area contributed by atoms with Crippen molar-refractivity contribution in [2.24, 2.45) is 0 Å². The van der Waals surface area contributed by atoms with Gasteiger partial charge in [-0.3, -0.25) is 4.79 Å². The van der Waals surface area contributed by atoms with Crippen molar-refractivity contribution in [3.8, 4) is 0 Å². The van der Waals surface area contributed by atoms with Gasteiger partial charge in [0.25, 0.3) is 5.91 Å². The van der Waals surface area contributed by atoms with E-state index in [0.717, 1.165) is 16.9 Å². The molecule has 0 radical (unpaired) electrons. The van der Waals surface area contributed by atoms with Crippen molar-refractivity contribution >= 4 is 17.3 Å². The van der Waals surface area contributed by atoms with E-state index in [1.807, 2.05) is 50.2 Å². The van der Waals surface area contributed by atoms with Gasteiger partial charge in [-0.15, -0.1) is 0 Å². The van der Waals surface area contributed by atoms with Crippen LogP contribution in [0.4, 0.5) is 11.4 Å². The Morgan fingerprint density at radius 2 is 1.94 bits per heavy atom. The first-order valence-corrected chi connectivity index (χ1v) is 5.71. The number of nitrogens with zero attached hydrogens (tertiary/aromatic N) is 1. The second kappa shape index (κ2) is 4.96. The van der Waals surface area contributed by atoms with Crippen LogP contribution in [0, 0.1) is 6.92 Å². The highest BCUT2D eigenvalue weighted by atomic mass is 16.3. The molecule has 0 spiro atoms. The number of furan rings is 1. The summed E-state index contributed by atoms with van der Waals surface area (Å²) in [5.74, 6) is 0.121. The monoisotopic (exact) mass is 244 g/mol. The van der Waals surface area contributed by atoms with Crippen molar-refractivity contribution in [3.63, 3.8) is 0 Å². The molecule has 1 aromatic heterocycles. The Hall–Kier alpha value is -2.23. The molecule has 1 amide bonds. The lowest BCUT2D eigenvalue weighted by Gasteiger charge is -2.17.